The summed E-state index contributed by atoms with van der Waals surface area (Å²) in [6.45, 7) is 6.50. The number of fused-ring (bicyclic) bond motifs is 1. The summed E-state index contributed by atoms with van der Waals surface area (Å²) in [4.78, 5) is 36.3. The monoisotopic (exact) mass is 432 g/mol. The first kappa shape index (κ1) is 19.6. The summed E-state index contributed by atoms with van der Waals surface area (Å²) in [6.07, 6.45) is 1.85. The Hall–Kier alpha value is -2.72. The molecule has 152 valence electrons. The van der Waals surface area contributed by atoms with E-state index >= 15 is 0 Å². The Kier molecular flexibility index (Phi) is 5.13. The fourth-order valence-corrected chi connectivity index (χ4v) is 4.57. The first-order valence-corrected chi connectivity index (χ1v) is 10.8. The van der Waals surface area contributed by atoms with Crippen molar-refractivity contribution >= 4 is 39.8 Å². The lowest BCUT2D eigenvalue weighted by atomic mass is 10.2. The van der Waals surface area contributed by atoms with Gasteiger partial charge in [0.15, 0.2) is 15.9 Å². The molecule has 0 fully saturated rings. The minimum absolute atomic E-state index is 0.310. The number of carbonyl (C=O) groups excluding carboxylic acids is 2. The Morgan fingerprint density at radius 1 is 1.31 bits per heavy atom. The van der Waals surface area contributed by atoms with E-state index in [1.807, 2.05) is 20.8 Å². The van der Waals surface area contributed by atoms with E-state index in [-0.39, 0.29) is 12.0 Å². The maximum absolute atomic E-state index is 12.5. The molecule has 3 aromatic heterocycles. The van der Waals surface area contributed by atoms with Crippen LogP contribution in [0.5, 0.6) is 0 Å². The third-order valence-corrected chi connectivity index (χ3v) is 5.93. The molecule has 1 aliphatic rings. The Labute approximate surface area is 175 Å². The number of thiazole rings is 2. The molecule has 0 atom stereocenters. The van der Waals surface area contributed by atoms with Crippen LogP contribution in [0, 0.1) is 0 Å². The molecule has 0 saturated heterocycles. The average Bonchev–Trinajstić information content (AvgIpc) is 3.38. The zero-order chi connectivity index (χ0) is 20.6. The van der Waals surface area contributed by atoms with Gasteiger partial charge in [-0.2, -0.15) is 0 Å². The third kappa shape index (κ3) is 4.48. The fourth-order valence-electron chi connectivity index (χ4n) is 2.78. The maximum atomic E-state index is 12.5. The zero-order valence-electron chi connectivity index (χ0n) is 16.2. The standard InChI is InChI=1S/C19H20N4O4S2/c1-19(2,3)27-18(25)23-7-6-11-14(9-23)29-17(21-11)22-15(24)12-10-28-16(20-12)13-5-4-8-26-13/h4-5,8,10H,6-7,9H2,1-3H3,(H,21,22,24). The molecule has 0 spiro atoms. The van der Waals surface area contributed by atoms with Gasteiger partial charge in [0.05, 0.1) is 18.5 Å². The molecular weight excluding hydrogens is 412 g/mol. The van der Waals surface area contributed by atoms with Crippen LogP contribution in [0.3, 0.4) is 0 Å². The lowest BCUT2D eigenvalue weighted by molar-refractivity contribution is 0.0225. The number of carbonyl (C=O) groups is 2. The van der Waals surface area contributed by atoms with Gasteiger partial charge in [0.25, 0.3) is 5.91 Å². The number of amides is 2. The van der Waals surface area contributed by atoms with Crippen LogP contribution in [0.15, 0.2) is 28.2 Å². The number of hydrogen-bond acceptors (Lipinski definition) is 8. The third-order valence-electron chi connectivity index (χ3n) is 4.07. The molecule has 0 aromatic carbocycles. The highest BCUT2D eigenvalue weighted by Crippen LogP contribution is 2.30. The number of rotatable bonds is 3. The average molecular weight is 433 g/mol. The molecule has 2 amide bonds. The molecular formula is C19H20N4O4S2. The molecule has 10 heteroatoms. The summed E-state index contributed by atoms with van der Waals surface area (Å²) in [7, 11) is 0. The van der Waals surface area contributed by atoms with E-state index in [2.05, 4.69) is 15.3 Å². The second-order valence-corrected chi connectivity index (χ2v) is 9.45. The summed E-state index contributed by atoms with van der Waals surface area (Å²) in [5.74, 6) is 0.301. The highest BCUT2D eigenvalue weighted by molar-refractivity contribution is 7.16. The van der Waals surface area contributed by atoms with Crippen LogP contribution in [0.1, 0.15) is 41.8 Å². The van der Waals surface area contributed by atoms with Crippen molar-refractivity contribution in [3.8, 4) is 10.8 Å². The molecule has 0 aliphatic carbocycles. The summed E-state index contributed by atoms with van der Waals surface area (Å²) < 4.78 is 10.8. The largest absolute Gasteiger partial charge is 0.462 e. The first-order valence-electron chi connectivity index (χ1n) is 9.06. The van der Waals surface area contributed by atoms with Crippen molar-refractivity contribution in [2.75, 3.05) is 11.9 Å². The number of aromatic nitrogens is 2. The molecule has 4 heterocycles. The van der Waals surface area contributed by atoms with E-state index in [1.54, 1.807) is 28.7 Å². The van der Waals surface area contributed by atoms with E-state index in [1.165, 1.54) is 22.7 Å². The Balaban J connectivity index is 1.42. The van der Waals surface area contributed by atoms with Crippen LogP contribution in [-0.2, 0) is 17.7 Å². The topological polar surface area (TPSA) is 97.6 Å². The number of nitrogens with one attached hydrogen (secondary N) is 1. The van der Waals surface area contributed by atoms with Gasteiger partial charge in [-0.15, -0.1) is 11.3 Å². The van der Waals surface area contributed by atoms with E-state index in [9.17, 15) is 9.59 Å². The number of furan rings is 1. The molecule has 8 nitrogen and oxygen atoms in total. The maximum Gasteiger partial charge on any atom is 0.410 e. The van der Waals surface area contributed by atoms with Gasteiger partial charge in [0.2, 0.25) is 0 Å². The fraction of sp³-hybridized carbons (Fsp3) is 0.368. The normalized spacial score (nSPS) is 13.8. The smallest absolute Gasteiger partial charge is 0.410 e. The van der Waals surface area contributed by atoms with Gasteiger partial charge in [0, 0.05) is 23.2 Å². The molecule has 0 bridgehead atoms. The van der Waals surface area contributed by atoms with Gasteiger partial charge in [-0.05, 0) is 32.9 Å². The van der Waals surface area contributed by atoms with Crippen molar-refractivity contribution in [3.05, 3.63) is 40.0 Å². The van der Waals surface area contributed by atoms with Crippen molar-refractivity contribution in [3.63, 3.8) is 0 Å². The van der Waals surface area contributed by atoms with E-state index in [0.29, 0.717) is 41.1 Å². The quantitative estimate of drug-likeness (QED) is 0.659. The van der Waals surface area contributed by atoms with Gasteiger partial charge in [0.1, 0.15) is 11.3 Å². The predicted octanol–water partition coefficient (Wildman–Crippen LogP) is 4.41. The van der Waals surface area contributed by atoms with Crippen molar-refractivity contribution in [2.24, 2.45) is 0 Å². The summed E-state index contributed by atoms with van der Waals surface area (Å²) in [5, 5.41) is 5.63. The Morgan fingerprint density at radius 2 is 2.14 bits per heavy atom. The van der Waals surface area contributed by atoms with Crippen molar-refractivity contribution < 1.29 is 18.7 Å². The predicted molar refractivity (Wildman–Crippen MR) is 110 cm³/mol. The first-order chi connectivity index (χ1) is 13.8. The van der Waals surface area contributed by atoms with Gasteiger partial charge < -0.3 is 14.1 Å². The number of ether oxygens (including phenoxy) is 1. The summed E-state index contributed by atoms with van der Waals surface area (Å²) in [6, 6.07) is 3.57. The molecule has 3 aromatic rings. The SMILES string of the molecule is CC(C)(C)OC(=O)N1CCc2nc(NC(=O)c3csc(-c4ccco4)n3)sc2C1. The van der Waals surface area contributed by atoms with E-state index in [0.717, 1.165) is 10.6 Å². The summed E-state index contributed by atoms with van der Waals surface area (Å²) in [5.41, 5.74) is 0.677. The van der Waals surface area contributed by atoms with Crippen LogP contribution in [0.4, 0.5) is 9.93 Å². The van der Waals surface area contributed by atoms with E-state index in [4.69, 9.17) is 9.15 Å². The van der Waals surface area contributed by atoms with Crippen LogP contribution < -0.4 is 5.32 Å². The summed E-state index contributed by atoms with van der Waals surface area (Å²) >= 11 is 2.71. The van der Waals surface area contributed by atoms with Gasteiger partial charge in [-0.25, -0.2) is 14.8 Å². The lowest BCUT2D eigenvalue weighted by Crippen LogP contribution is -2.39. The number of nitrogens with zero attached hydrogens (tertiary/aromatic N) is 3. The molecule has 4 rings (SSSR count). The second kappa shape index (κ2) is 7.60. The molecule has 0 unspecified atom stereocenters. The van der Waals surface area contributed by atoms with Gasteiger partial charge in [-0.1, -0.05) is 11.3 Å². The lowest BCUT2D eigenvalue weighted by Gasteiger charge is -2.29. The van der Waals surface area contributed by atoms with Crippen molar-refractivity contribution in [2.45, 2.75) is 39.3 Å². The van der Waals surface area contributed by atoms with Crippen LogP contribution >= 0.6 is 22.7 Å². The number of hydrogen-bond donors (Lipinski definition) is 1. The Bertz CT molecular complexity index is 1030. The number of anilines is 1. The highest BCUT2D eigenvalue weighted by atomic mass is 32.1. The molecule has 1 N–H and O–H groups in total. The van der Waals surface area contributed by atoms with Crippen molar-refractivity contribution in [1.29, 1.82) is 0 Å². The van der Waals surface area contributed by atoms with Gasteiger partial charge >= 0.3 is 6.09 Å². The minimum atomic E-state index is -0.535. The molecule has 29 heavy (non-hydrogen) atoms. The van der Waals surface area contributed by atoms with Crippen molar-refractivity contribution in [1.82, 2.24) is 14.9 Å². The minimum Gasteiger partial charge on any atom is -0.462 e. The highest BCUT2D eigenvalue weighted by Gasteiger charge is 2.28. The van der Waals surface area contributed by atoms with Crippen LogP contribution in [-0.4, -0.2) is 39.0 Å². The zero-order valence-corrected chi connectivity index (χ0v) is 17.9. The van der Waals surface area contributed by atoms with Crippen LogP contribution in [0.25, 0.3) is 10.8 Å². The second-order valence-electron chi connectivity index (χ2n) is 7.51. The van der Waals surface area contributed by atoms with E-state index < -0.39 is 5.60 Å². The molecule has 1 aliphatic heterocycles. The Morgan fingerprint density at radius 3 is 2.86 bits per heavy atom. The van der Waals surface area contributed by atoms with Gasteiger partial charge in [-0.3, -0.25) is 10.1 Å². The van der Waals surface area contributed by atoms with Crippen LogP contribution in [0.2, 0.25) is 0 Å². The molecule has 0 radical (unpaired) electrons. The molecule has 0 saturated carbocycles.